The molecule has 0 fully saturated rings. The number of hydrogen-bond donors (Lipinski definition) is 0. The van der Waals surface area contributed by atoms with E-state index in [9.17, 15) is 5.26 Å². The topological polar surface area (TPSA) is 51.5 Å². The zero-order chi connectivity index (χ0) is 20.6. The van der Waals surface area contributed by atoms with Gasteiger partial charge in [-0.2, -0.15) is 5.26 Å². The van der Waals surface area contributed by atoms with Crippen molar-refractivity contribution >= 4 is 23.3 Å². The molecule has 3 aromatic carbocycles. The predicted octanol–water partition coefficient (Wildman–Crippen LogP) is 6.00. The van der Waals surface area contributed by atoms with Crippen LogP contribution in [0.5, 0.6) is 17.2 Å². The summed E-state index contributed by atoms with van der Waals surface area (Å²) in [6.45, 7) is 0.436. The maximum atomic E-state index is 9.64. The van der Waals surface area contributed by atoms with Gasteiger partial charge < -0.3 is 14.2 Å². The van der Waals surface area contributed by atoms with Gasteiger partial charge in [-0.3, -0.25) is 0 Å². The minimum absolute atomic E-state index is 0.436. The fraction of sp³-hybridized carbons (Fsp3) is 0.125. The summed E-state index contributed by atoms with van der Waals surface area (Å²) >= 11 is 5.91. The minimum atomic E-state index is 0.436. The third-order valence-corrected chi connectivity index (χ3v) is 4.55. The van der Waals surface area contributed by atoms with Gasteiger partial charge in [0.05, 0.1) is 25.9 Å². The second-order valence-electron chi connectivity index (χ2n) is 6.23. The molecular weight excluding hydrogens is 386 g/mol. The summed E-state index contributed by atoms with van der Waals surface area (Å²) < 4.78 is 16.5. The lowest BCUT2D eigenvalue weighted by Gasteiger charge is -2.09. The molecular formula is C24H20ClNO3. The molecule has 5 heteroatoms. The molecule has 0 amide bonds. The standard InChI is InChI=1S/C24H20ClNO3/c1-27-23-11-8-19(14-24(23)28-2)20(15-26)12-18-4-3-5-22(13-18)29-16-17-6-9-21(25)10-7-17/h3-14H,16H2,1-2H3/b20-12+. The first kappa shape index (κ1) is 20.3. The van der Waals surface area contributed by atoms with E-state index in [4.69, 9.17) is 25.8 Å². The van der Waals surface area contributed by atoms with E-state index in [1.165, 1.54) is 0 Å². The highest BCUT2D eigenvalue weighted by Crippen LogP contribution is 2.31. The molecule has 0 saturated heterocycles. The number of benzene rings is 3. The molecule has 0 saturated carbocycles. The molecule has 3 rings (SSSR count). The Bertz CT molecular complexity index is 1050. The van der Waals surface area contributed by atoms with Crippen molar-refractivity contribution in [2.45, 2.75) is 6.61 Å². The Hall–Kier alpha value is -3.42. The molecule has 146 valence electrons. The quantitative estimate of drug-likeness (QED) is 0.357. The lowest BCUT2D eigenvalue weighted by molar-refractivity contribution is 0.306. The van der Waals surface area contributed by atoms with Crippen LogP contribution in [0.1, 0.15) is 16.7 Å². The van der Waals surface area contributed by atoms with Crippen molar-refractivity contribution in [2.75, 3.05) is 14.2 Å². The molecule has 4 nitrogen and oxygen atoms in total. The van der Waals surface area contributed by atoms with Crippen LogP contribution in [-0.4, -0.2) is 14.2 Å². The lowest BCUT2D eigenvalue weighted by atomic mass is 10.0. The normalized spacial score (nSPS) is 10.9. The predicted molar refractivity (Wildman–Crippen MR) is 115 cm³/mol. The molecule has 0 atom stereocenters. The number of methoxy groups -OCH3 is 2. The van der Waals surface area contributed by atoms with E-state index >= 15 is 0 Å². The van der Waals surface area contributed by atoms with Gasteiger partial charge in [0, 0.05) is 5.02 Å². The molecule has 0 aromatic heterocycles. The fourth-order valence-electron chi connectivity index (χ4n) is 2.79. The van der Waals surface area contributed by atoms with Gasteiger partial charge in [0.2, 0.25) is 0 Å². The summed E-state index contributed by atoms with van der Waals surface area (Å²) in [6.07, 6.45) is 1.82. The van der Waals surface area contributed by atoms with E-state index in [0.29, 0.717) is 28.7 Å². The van der Waals surface area contributed by atoms with Crippen LogP contribution < -0.4 is 14.2 Å². The molecule has 0 aliphatic heterocycles. The van der Waals surface area contributed by atoms with Gasteiger partial charge in [0.1, 0.15) is 12.4 Å². The highest BCUT2D eigenvalue weighted by molar-refractivity contribution is 6.30. The van der Waals surface area contributed by atoms with Gasteiger partial charge in [-0.15, -0.1) is 0 Å². The van der Waals surface area contributed by atoms with Crippen LogP contribution in [0.25, 0.3) is 11.6 Å². The van der Waals surface area contributed by atoms with Crippen molar-refractivity contribution in [3.63, 3.8) is 0 Å². The van der Waals surface area contributed by atoms with Crippen molar-refractivity contribution in [3.05, 3.63) is 88.4 Å². The maximum Gasteiger partial charge on any atom is 0.161 e. The Morgan fingerprint density at radius 1 is 0.966 bits per heavy atom. The van der Waals surface area contributed by atoms with Crippen LogP contribution in [0.4, 0.5) is 0 Å². The Labute approximate surface area is 175 Å². The highest BCUT2D eigenvalue weighted by Gasteiger charge is 2.08. The van der Waals surface area contributed by atoms with Gasteiger partial charge in [0.25, 0.3) is 0 Å². The first-order valence-corrected chi connectivity index (χ1v) is 9.32. The second-order valence-corrected chi connectivity index (χ2v) is 6.66. The van der Waals surface area contributed by atoms with Gasteiger partial charge in [-0.1, -0.05) is 35.9 Å². The minimum Gasteiger partial charge on any atom is -0.493 e. The second kappa shape index (κ2) is 9.68. The maximum absolute atomic E-state index is 9.64. The number of hydrogen-bond acceptors (Lipinski definition) is 4. The molecule has 0 aliphatic rings. The summed E-state index contributed by atoms with van der Waals surface area (Å²) in [5.74, 6) is 1.91. The Kier molecular flexibility index (Phi) is 6.78. The molecule has 0 radical (unpaired) electrons. The van der Waals surface area contributed by atoms with Gasteiger partial charge in [-0.25, -0.2) is 0 Å². The lowest BCUT2D eigenvalue weighted by Crippen LogP contribution is -1.95. The fourth-order valence-corrected chi connectivity index (χ4v) is 2.92. The molecule has 0 aliphatic carbocycles. The van der Waals surface area contributed by atoms with E-state index in [1.807, 2.05) is 60.7 Å². The van der Waals surface area contributed by atoms with Gasteiger partial charge in [0.15, 0.2) is 11.5 Å². The number of ether oxygens (including phenoxy) is 3. The van der Waals surface area contributed by atoms with Crippen LogP contribution in [0.15, 0.2) is 66.7 Å². The first-order chi connectivity index (χ1) is 14.1. The van der Waals surface area contributed by atoms with Crippen LogP contribution in [0.2, 0.25) is 5.02 Å². The highest BCUT2D eigenvalue weighted by atomic mass is 35.5. The molecule has 0 unspecified atom stereocenters. The van der Waals surface area contributed by atoms with Crippen molar-refractivity contribution in [1.82, 2.24) is 0 Å². The Balaban J connectivity index is 1.80. The van der Waals surface area contributed by atoms with Gasteiger partial charge in [-0.05, 0) is 65.2 Å². The zero-order valence-electron chi connectivity index (χ0n) is 16.2. The van der Waals surface area contributed by atoms with Gasteiger partial charge >= 0.3 is 0 Å². The Morgan fingerprint density at radius 2 is 1.72 bits per heavy atom. The van der Waals surface area contributed by atoms with Crippen molar-refractivity contribution in [2.24, 2.45) is 0 Å². The number of halogens is 1. The van der Waals surface area contributed by atoms with Crippen LogP contribution >= 0.6 is 11.6 Å². The van der Waals surface area contributed by atoms with E-state index in [0.717, 1.165) is 22.4 Å². The monoisotopic (exact) mass is 405 g/mol. The van der Waals surface area contributed by atoms with E-state index in [1.54, 1.807) is 26.4 Å². The summed E-state index contributed by atoms with van der Waals surface area (Å²) in [7, 11) is 3.15. The molecule has 29 heavy (non-hydrogen) atoms. The van der Waals surface area contributed by atoms with Crippen LogP contribution in [-0.2, 0) is 6.61 Å². The first-order valence-electron chi connectivity index (χ1n) is 8.94. The number of allylic oxidation sites excluding steroid dienone is 1. The number of nitrogens with zero attached hydrogens (tertiary/aromatic N) is 1. The summed E-state index contributed by atoms with van der Waals surface area (Å²) in [5, 5.41) is 10.3. The number of rotatable bonds is 7. The molecule has 0 spiro atoms. The SMILES string of the molecule is COc1ccc(/C(C#N)=C/c2cccc(OCc3ccc(Cl)cc3)c2)cc1OC. The summed E-state index contributed by atoms with van der Waals surface area (Å²) in [5.41, 5.74) is 3.15. The molecule has 3 aromatic rings. The van der Waals surface area contributed by atoms with Crippen LogP contribution in [0, 0.1) is 11.3 Å². The average molecular weight is 406 g/mol. The number of nitriles is 1. The third-order valence-electron chi connectivity index (χ3n) is 4.30. The third kappa shape index (κ3) is 5.31. The molecule has 0 N–H and O–H groups in total. The molecule has 0 bridgehead atoms. The van der Waals surface area contributed by atoms with Crippen molar-refractivity contribution in [1.29, 1.82) is 5.26 Å². The molecule has 0 heterocycles. The largest absolute Gasteiger partial charge is 0.493 e. The Morgan fingerprint density at radius 3 is 2.41 bits per heavy atom. The van der Waals surface area contributed by atoms with E-state index < -0.39 is 0 Å². The van der Waals surface area contributed by atoms with Crippen molar-refractivity contribution in [3.8, 4) is 23.3 Å². The average Bonchev–Trinajstić information content (AvgIpc) is 2.77. The van der Waals surface area contributed by atoms with E-state index in [-0.39, 0.29) is 0 Å². The smallest absolute Gasteiger partial charge is 0.161 e. The summed E-state index contributed by atoms with van der Waals surface area (Å²) in [6, 6.07) is 22.8. The zero-order valence-corrected chi connectivity index (χ0v) is 16.9. The summed E-state index contributed by atoms with van der Waals surface area (Å²) in [4.78, 5) is 0. The van der Waals surface area contributed by atoms with Crippen LogP contribution in [0.3, 0.4) is 0 Å². The van der Waals surface area contributed by atoms with Crippen molar-refractivity contribution < 1.29 is 14.2 Å². The van der Waals surface area contributed by atoms with E-state index in [2.05, 4.69) is 6.07 Å².